The zero-order valence-electron chi connectivity index (χ0n) is 9.09. The van der Waals surface area contributed by atoms with Crippen molar-refractivity contribution >= 4 is 5.91 Å². The van der Waals surface area contributed by atoms with Gasteiger partial charge in [0, 0.05) is 12.5 Å². The molecule has 1 N–H and O–H groups in total. The Morgan fingerprint density at radius 1 is 1.40 bits per heavy atom. The maximum atomic E-state index is 12.6. The van der Waals surface area contributed by atoms with Gasteiger partial charge in [-0.3, -0.25) is 4.79 Å². The molecule has 1 aromatic rings. The van der Waals surface area contributed by atoms with Crippen molar-refractivity contribution in [1.82, 2.24) is 5.32 Å². The number of rotatable bonds is 4. The third-order valence-corrected chi connectivity index (χ3v) is 2.18. The molecule has 0 aromatic heterocycles. The van der Waals surface area contributed by atoms with E-state index in [-0.39, 0.29) is 17.8 Å². The van der Waals surface area contributed by atoms with Crippen LogP contribution >= 0.6 is 0 Å². The summed E-state index contributed by atoms with van der Waals surface area (Å²) in [6, 6.07) is 6.43. The number of carbonyl (C=O) groups excluding carboxylic acids is 1. The van der Waals surface area contributed by atoms with E-state index in [4.69, 9.17) is 0 Å². The van der Waals surface area contributed by atoms with Gasteiger partial charge in [0.2, 0.25) is 5.91 Å². The summed E-state index contributed by atoms with van der Waals surface area (Å²) in [5.41, 5.74) is 1.03. The molecule has 1 atom stereocenters. The zero-order chi connectivity index (χ0) is 11.3. The summed E-state index contributed by atoms with van der Waals surface area (Å²) in [7, 11) is 0. The van der Waals surface area contributed by atoms with E-state index in [1.165, 1.54) is 12.1 Å². The lowest BCUT2D eigenvalue weighted by atomic mass is 10.1. The van der Waals surface area contributed by atoms with Gasteiger partial charge in [0.05, 0.1) is 0 Å². The minimum atomic E-state index is -0.232. The highest BCUT2D eigenvalue weighted by Crippen LogP contribution is 2.05. The minimum absolute atomic E-state index is 0.0459. The minimum Gasteiger partial charge on any atom is -0.353 e. The first-order valence-electron chi connectivity index (χ1n) is 5.15. The number of benzene rings is 1. The van der Waals surface area contributed by atoms with E-state index < -0.39 is 0 Å². The molecule has 1 unspecified atom stereocenters. The van der Waals surface area contributed by atoms with Crippen molar-refractivity contribution in [3.63, 3.8) is 0 Å². The highest BCUT2D eigenvalue weighted by atomic mass is 19.1. The summed E-state index contributed by atoms with van der Waals surface area (Å²) in [6.45, 7) is 3.76. The van der Waals surface area contributed by atoms with Gasteiger partial charge in [0.25, 0.3) is 0 Å². The fraction of sp³-hybridized carbons (Fsp3) is 0.417. The summed E-state index contributed by atoms with van der Waals surface area (Å²) >= 11 is 0. The van der Waals surface area contributed by atoms with Crippen LogP contribution in [0.25, 0.3) is 0 Å². The van der Waals surface area contributed by atoms with E-state index in [2.05, 4.69) is 5.32 Å². The van der Waals surface area contributed by atoms with Crippen molar-refractivity contribution in [2.24, 2.45) is 0 Å². The van der Waals surface area contributed by atoms with Crippen molar-refractivity contribution < 1.29 is 9.18 Å². The molecule has 3 heteroatoms. The maximum Gasteiger partial charge on any atom is 0.219 e. The number of nitrogens with one attached hydrogen (secondary N) is 1. The molecular weight excluding hydrogens is 193 g/mol. The van der Waals surface area contributed by atoms with Crippen LogP contribution in [0.3, 0.4) is 0 Å². The second-order valence-electron chi connectivity index (χ2n) is 3.65. The molecule has 0 saturated heterocycles. The molecule has 0 radical (unpaired) electrons. The third-order valence-electron chi connectivity index (χ3n) is 2.18. The summed E-state index contributed by atoms with van der Waals surface area (Å²) in [6.07, 6.45) is 1.22. The van der Waals surface area contributed by atoms with Gasteiger partial charge in [-0.05, 0) is 31.0 Å². The van der Waals surface area contributed by atoms with Gasteiger partial charge >= 0.3 is 0 Å². The molecule has 2 nitrogen and oxygen atoms in total. The van der Waals surface area contributed by atoms with Crippen LogP contribution in [0.15, 0.2) is 24.3 Å². The zero-order valence-corrected chi connectivity index (χ0v) is 9.09. The Hall–Kier alpha value is -1.38. The quantitative estimate of drug-likeness (QED) is 0.809. The van der Waals surface area contributed by atoms with E-state index in [1.54, 1.807) is 12.1 Å². The topological polar surface area (TPSA) is 29.1 Å². The van der Waals surface area contributed by atoms with Gasteiger partial charge in [-0.2, -0.15) is 0 Å². The third kappa shape index (κ3) is 4.11. The average molecular weight is 209 g/mol. The molecule has 0 fully saturated rings. The highest BCUT2D eigenvalue weighted by Gasteiger charge is 2.06. The van der Waals surface area contributed by atoms with Crippen LogP contribution in [-0.4, -0.2) is 11.9 Å². The predicted molar refractivity (Wildman–Crippen MR) is 58.0 cm³/mol. The number of hydrogen-bond donors (Lipinski definition) is 1. The normalized spacial score (nSPS) is 12.2. The molecule has 0 bridgehead atoms. The van der Waals surface area contributed by atoms with Gasteiger partial charge in [0.1, 0.15) is 5.82 Å². The SMILES string of the molecule is CCC(=O)NC(C)Cc1ccc(F)cc1. The lowest BCUT2D eigenvalue weighted by Crippen LogP contribution is -2.33. The van der Waals surface area contributed by atoms with Crippen LogP contribution in [0.1, 0.15) is 25.8 Å². The first-order valence-corrected chi connectivity index (χ1v) is 5.15. The number of carbonyl (C=O) groups is 1. The second kappa shape index (κ2) is 5.49. The summed E-state index contributed by atoms with van der Waals surface area (Å²) in [5.74, 6) is -0.186. The molecule has 1 aromatic carbocycles. The van der Waals surface area contributed by atoms with Crippen molar-refractivity contribution in [1.29, 1.82) is 0 Å². The first-order chi connectivity index (χ1) is 7.11. The molecule has 0 aliphatic heterocycles. The van der Waals surface area contributed by atoms with E-state index in [1.807, 2.05) is 13.8 Å². The van der Waals surface area contributed by atoms with Crippen LogP contribution in [0.2, 0.25) is 0 Å². The average Bonchev–Trinajstić information content (AvgIpc) is 2.21. The van der Waals surface area contributed by atoms with Crippen molar-refractivity contribution in [2.75, 3.05) is 0 Å². The molecule has 0 heterocycles. The van der Waals surface area contributed by atoms with Crippen LogP contribution < -0.4 is 5.32 Å². The molecular formula is C12H16FNO. The fourth-order valence-corrected chi connectivity index (χ4v) is 1.40. The molecule has 0 aliphatic carbocycles. The lowest BCUT2D eigenvalue weighted by molar-refractivity contribution is -0.121. The highest BCUT2D eigenvalue weighted by molar-refractivity contribution is 5.75. The van der Waals surface area contributed by atoms with Gasteiger partial charge in [-0.15, -0.1) is 0 Å². The number of hydrogen-bond acceptors (Lipinski definition) is 1. The molecule has 0 spiro atoms. The Bertz CT molecular complexity index is 321. The van der Waals surface area contributed by atoms with E-state index in [0.29, 0.717) is 6.42 Å². The van der Waals surface area contributed by atoms with Crippen LogP contribution in [0, 0.1) is 5.82 Å². The maximum absolute atomic E-state index is 12.6. The standard InChI is InChI=1S/C12H16FNO/c1-3-12(15)14-9(2)8-10-4-6-11(13)7-5-10/h4-7,9H,3,8H2,1-2H3,(H,14,15). The van der Waals surface area contributed by atoms with Gasteiger partial charge in [-0.1, -0.05) is 19.1 Å². The largest absolute Gasteiger partial charge is 0.353 e. The van der Waals surface area contributed by atoms with E-state index >= 15 is 0 Å². The molecule has 0 aliphatic rings. The number of amides is 1. The molecule has 0 saturated carbocycles. The predicted octanol–water partition coefficient (Wildman–Crippen LogP) is 2.28. The van der Waals surface area contributed by atoms with Crippen LogP contribution in [0.4, 0.5) is 4.39 Å². The van der Waals surface area contributed by atoms with E-state index in [9.17, 15) is 9.18 Å². The van der Waals surface area contributed by atoms with Crippen LogP contribution in [-0.2, 0) is 11.2 Å². The summed E-state index contributed by atoms with van der Waals surface area (Å²) in [4.78, 5) is 11.1. The summed E-state index contributed by atoms with van der Waals surface area (Å²) < 4.78 is 12.6. The van der Waals surface area contributed by atoms with Crippen molar-refractivity contribution in [3.05, 3.63) is 35.6 Å². The Kier molecular flexibility index (Phi) is 4.28. The van der Waals surface area contributed by atoms with Gasteiger partial charge in [-0.25, -0.2) is 4.39 Å². The number of halogens is 1. The summed E-state index contributed by atoms with van der Waals surface area (Å²) in [5, 5.41) is 2.86. The fourth-order valence-electron chi connectivity index (χ4n) is 1.40. The smallest absolute Gasteiger partial charge is 0.219 e. The van der Waals surface area contributed by atoms with Gasteiger partial charge in [0.15, 0.2) is 0 Å². The second-order valence-corrected chi connectivity index (χ2v) is 3.65. The molecule has 82 valence electrons. The van der Waals surface area contributed by atoms with Crippen LogP contribution in [0.5, 0.6) is 0 Å². The lowest BCUT2D eigenvalue weighted by Gasteiger charge is -2.13. The van der Waals surface area contributed by atoms with Crippen molar-refractivity contribution in [3.8, 4) is 0 Å². The first kappa shape index (κ1) is 11.7. The Morgan fingerprint density at radius 3 is 2.53 bits per heavy atom. The Labute approximate surface area is 89.5 Å². The molecule has 1 rings (SSSR count). The Morgan fingerprint density at radius 2 is 2.00 bits per heavy atom. The van der Waals surface area contributed by atoms with Crippen molar-refractivity contribution in [2.45, 2.75) is 32.7 Å². The monoisotopic (exact) mass is 209 g/mol. The molecule has 15 heavy (non-hydrogen) atoms. The molecule has 1 amide bonds. The Balaban J connectivity index is 2.47. The van der Waals surface area contributed by atoms with E-state index in [0.717, 1.165) is 12.0 Å². The van der Waals surface area contributed by atoms with Gasteiger partial charge < -0.3 is 5.32 Å².